The van der Waals surface area contributed by atoms with Crippen molar-refractivity contribution in [2.24, 2.45) is 0 Å². The van der Waals surface area contributed by atoms with Crippen molar-refractivity contribution in [1.29, 1.82) is 0 Å². The van der Waals surface area contributed by atoms with E-state index in [4.69, 9.17) is 9.47 Å². The van der Waals surface area contributed by atoms with Crippen LogP contribution in [0.3, 0.4) is 0 Å². The molecule has 0 unspecified atom stereocenters. The summed E-state index contributed by atoms with van der Waals surface area (Å²) in [6.07, 6.45) is 2.67. The molecular formula is C33H40N4O4. The van der Waals surface area contributed by atoms with Gasteiger partial charge in [-0.2, -0.15) is 0 Å². The zero-order valence-electron chi connectivity index (χ0n) is 24.8. The number of para-hydroxylation sites is 1. The van der Waals surface area contributed by atoms with Crippen LogP contribution in [0, 0.1) is 13.8 Å². The minimum absolute atomic E-state index is 0.0460. The summed E-state index contributed by atoms with van der Waals surface area (Å²) >= 11 is 0. The van der Waals surface area contributed by atoms with Crippen LogP contribution < -0.4 is 14.8 Å². The Kier molecular flexibility index (Phi) is 9.55. The number of aromatic nitrogens is 1. The number of carbonyl (C=O) groups is 2. The van der Waals surface area contributed by atoms with Crippen molar-refractivity contribution < 1.29 is 19.1 Å². The molecule has 1 heterocycles. The third-order valence-electron chi connectivity index (χ3n) is 7.31. The van der Waals surface area contributed by atoms with Gasteiger partial charge in [0.25, 0.3) is 0 Å². The molecule has 3 aromatic carbocycles. The number of carbonyl (C=O) groups excluding carboxylic acids is 2. The number of aromatic amines is 1. The smallest absolute Gasteiger partial charge is 0.322 e. The molecular weight excluding hydrogens is 516 g/mol. The maximum atomic E-state index is 13.9. The maximum absolute atomic E-state index is 13.9. The minimum Gasteiger partial charge on any atom is -0.493 e. The number of H-pyrrole nitrogens is 1. The van der Waals surface area contributed by atoms with Crippen LogP contribution in [0.2, 0.25) is 0 Å². The summed E-state index contributed by atoms with van der Waals surface area (Å²) < 4.78 is 10.9. The molecule has 0 aliphatic heterocycles. The van der Waals surface area contributed by atoms with Crippen molar-refractivity contribution in [3.63, 3.8) is 0 Å². The van der Waals surface area contributed by atoms with Gasteiger partial charge in [0.2, 0.25) is 5.91 Å². The van der Waals surface area contributed by atoms with E-state index >= 15 is 0 Å². The number of hydrogen-bond donors (Lipinski definition) is 2. The Morgan fingerprint density at radius 2 is 1.71 bits per heavy atom. The summed E-state index contributed by atoms with van der Waals surface area (Å²) in [6, 6.07) is 19.2. The molecule has 3 amide bonds. The lowest BCUT2D eigenvalue weighted by atomic mass is 10.1. The van der Waals surface area contributed by atoms with Crippen LogP contribution in [0.5, 0.6) is 11.5 Å². The average Bonchev–Trinajstić information content (AvgIpc) is 3.37. The standard InChI is InChI=1S/C33H40N4O4/c1-22(2)37(33(39)35-28-13-11-23(3)17-24(28)4)21-32(38)36(20-25-12-14-30(40-5)31(18-25)41-6)16-15-26-19-34-29-10-8-7-9-27(26)29/h7-14,17-19,22,34H,15-16,20-21H2,1-6H3,(H,35,39). The van der Waals surface area contributed by atoms with Crippen molar-refractivity contribution in [2.45, 2.75) is 46.7 Å². The fourth-order valence-electron chi connectivity index (χ4n) is 4.96. The highest BCUT2D eigenvalue weighted by Gasteiger charge is 2.25. The van der Waals surface area contributed by atoms with E-state index in [0.717, 1.165) is 38.8 Å². The number of aryl methyl sites for hydroxylation is 2. The minimum atomic E-state index is -0.303. The van der Waals surface area contributed by atoms with Gasteiger partial charge in [-0.3, -0.25) is 4.79 Å². The van der Waals surface area contributed by atoms with Crippen molar-refractivity contribution in [3.8, 4) is 11.5 Å². The van der Waals surface area contributed by atoms with E-state index in [1.165, 1.54) is 0 Å². The number of amides is 3. The van der Waals surface area contributed by atoms with E-state index in [1.807, 2.05) is 93.4 Å². The van der Waals surface area contributed by atoms with Gasteiger partial charge in [0.15, 0.2) is 11.5 Å². The van der Waals surface area contributed by atoms with Crippen molar-refractivity contribution in [3.05, 3.63) is 89.1 Å². The first-order valence-electron chi connectivity index (χ1n) is 13.9. The molecule has 1 aromatic heterocycles. The molecule has 8 heteroatoms. The molecule has 216 valence electrons. The zero-order chi connectivity index (χ0) is 29.5. The molecule has 2 N–H and O–H groups in total. The normalized spacial score (nSPS) is 11.0. The first kappa shape index (κ1) is 29.5. The first-order valence-corrected chi connectivity index (χ1v) is 13.9. The van der Waals surface area contributed by atoms with Crippen molar-refractivity contribution in [2.75, 3.05) is 32.6 Å². The van der Waals surface area contributed by atoms with Gasteiger partial charge in [0, 0.05) is 41.9 Å². The molecule has 8 nitrogen and oxygen atoms in total. The van der Waals surface area contributed by atoms with Crippen LogP contribution in [0.4, 0.5) is 10.5 Å². The number of anilines is 1. The first-order chi connectivity index (χ1) is 19.7. The lowest BCUT2D eigenvalue weighted by Gasteiger charge is -2.30. The number of urea groups is 1. The van der Waals surface area contributed by atoms with E-state index < -0.39 is 0 Å². The fourth-order valence-corrected chi connectivity index (χ4v) is 4.96. The molecule has 0 radical (unpaired) electrons. The Morgan fingerprint density at radius 3 is 2.41 bits per heavy atom. The highest BCUT2D eigenvalue weighted by atomic mass is 16.5. The molecule has 0 spiro atoms. The summed E-state index contributed by atoms with van der Waals surface area (Å²) in [5.41, 5.74) is 5.94. The summed E-state index contributed by atoms with van der Waals surface area (Å²) in [5, 5.41) is 4.14. The quantitative estimate of drug-likeness (QED) is 0.227. The highest BCUT2D eigenvalue weighted by Crippen LogP contribution is 2.28. The number of ether oxygens (including phenoxy) is 2. The van der Waals surface area contributed by atoms with Gasteiger partial charge in [-0.25, -0.2) is 4.79 Å². The van der Waals surface area contributed by atoms with E-state index in [0.29, 0.717) is 31.0 Å². The van der Waals surface area contributed by atoms with Crippen LogP contribution >= 0.6 is 0 Å². The largest absolute Gasteiger partial charge is 0.493 e. The number of benzene rings is 3. The summed E-state index contributed by atoms with van der Waals surface area (Å²) in [5.74, 6) is 1.09. The van der Waals surface area contributed by atoms with E-state index in [-0.39, 0.29) is 24.5 Å². The van der Waals surface area contributed by atoms with Gasteiger partial charge in [-0.15, -0.1) is 0 Å². The number of methoxy groups -OCH3 is 2. The van der Waals surface area contributed by atoms with E-state index in [1.54, 1.807) is 19.1 Å². The van der Waals surface area contributed by atoms with Crippen LogP contribution in [0.1, 0.15) is 36.1 Å². The van der Waals surface area contributed by atoms with Crippen LogP contribution in [0.15, 0.2) is 66.9 Å². The summed E-state index contributed by atoms with van der Waals surface area (Å²) in [7, 11) is 3.19. The zero-order valence-corrected chi connectivity index (χ0v) is 24.8. The Balaban J connectivity index is 1.56. The molecule has 4 rings (SSSR count). The van der Waals surface area contributed by atoms with Crippen LogP contribution in [-0.4, -0.2) is 60.1 Å². The molecule has 0 bridgehead atoms. The lowest BCUT2D eigenvalue weighted by Crippen LogP contribution is -2.47. The third kappa shape index (κ3) is 7.20. The van der Waals surface area contributed by atoms with Gasteiger partial charge in [0.1, 0.15) is 6.54 Å². The van der Waals surface area contributed by atoms with Gasteiger partial charge in [0.05, 0.1) is 14.2 Å². The molecule has 0 atom stereocenters. The molecule has 0 aliphatic rings. The number of nitrogens with zero attached hydrogens (tertiary/aromatic N) is 2. The number of fused-ring (bicyclic) bond motifs is 1. The highest BCUT2D eigenvalue weighted by molar-refractivity contribution is 5.93. The van der Waals surface area contributed by atoms with Crippen LogP contribution in [0.25, 0.3) is 10.9 Å². The maximum Gasteiger partial charge on any atom is 0.322 e. The lowest BCUT2D eigenvalue weighted by molar-refractivity contribution is -0.132. The molecule has 41 heavy (non-hydrogen) atoms. The SMILES string of the molecule is COc1ccc(CN(CCc2c[nH]c3ccccc23)C(=O)CN(C(=O)Nc2ccc(C)cc2C)C(C)C)cc1OC. The number of nitrogens with one attached hydrogen (secondary N) is 2. The monoisotopic (exact) mass is 556 g/mol. The summed E-state index contributed by atoms with van der Waals surface area (Å²) in [4.78, 5) is 33.9. The number of hydrogen-bond acceptors (Lipinski definition) is 4. The second-order valence-corrected chi connectivity index (χ2v) is 10.6. The van der Waals surface area contributed by atoms with Gasteiger partial charge in [-0.05, 0) is 75.1 Å². The summed E-state index contributed by atoms with van der Waals surface area (Å²) in [6.45, 7) is 8.62. The topological polar surface area (TPSA) is 86.9 Å². The van der Waals surface area contributed by atoms with Crippen molar-refractivity contribution in [1.82, 2.24) is 14.8 Å². The third-order valence-corrected chi connectivity index (χ3v) is 7.31. The second-order valence-electron chi connectivity index (χ2n) is 10.6. The Bertz CT molecular complexity index is 1510. The Labute approximate surface area is 242 Å². The van der Waals surface area contributed by atoms with Gasteiger partial charge < -0.3 is 29.6 Å². The average molecular weight is 557 g/mol. The molecule has 0 aliphatic carbocycles. The Morgan fingerprint density at radius 1 is 0.951 bits per heavy atom. The number of rotatable bonds is 11. The van der Waals surface area contributed by atoms with E-state index in [9.17, 15) is 9.59 Å². The molecule has 0 fully saturated rings. The molecule has 4 aromatic rings. The Hall–Kier alpha value is -4.46. The van der Waals surface area contributed by atoms with Crippen molar-refractivity contribution >= 4 is 28.5 Å². The molecule has 0 saturated heterocycles. The predicted octanol–water partition coefficient (Wildman–Crippen LogP) is 6.32. The van der Waals surface area contributed by atoms with E-state index in [2.05, 4.69) is 16.4 Å². The fraction of sp³-hybridized carbons (Fsp3) is 0.333. The van der Waals surface area contributed by atoms with Gasteiger partial charge in [-0.1, -0.05) is 42.0 Å². The van der Waals surface area contributed by atoms with Gasteiger partial charge >= 0.3 is 6.03 Å². The molecule has 0 saturated carbocycles. The van der Waals surface area contributed by atoms with Crippen LogP contribution in [-0.2, 0) is 17.8 Å². The predicted molar refractivity (Wildman–Crippen MR) is 164 cm³/mol. The second kappa shape index (κ2) is 13.3.